The highest BCUT2D eigenvalue weighted by molar-refractivity contribution is 6.30. The molecule has 3 aromatic rings. The lowest BCUT2D eigenvalue weighted by atomic mass is 10.1. The van der Waals surface area contributed by atoms with Crippen LogP contribution in [0.3, 0.4) is 0 Å². The number of hydrogen-bond acceptors (Lipinski definition) is 3. The lowest BCUT2D eigenvalue weighted by Crippen LogP contribution is -2.17. The van der Waals surface area contributed by atoms with Crippen molar-refractivity contribution in [2.24, 2.45) is 0 Å². The molecule has 0 saturated carbocycles. The number of nitrogens with zero attached hydrogens (tertiary/aromatic N) is 3. The van der Waals surface area contributed by atoms with Crippen LogP contribution in [-0.2, 0) is 6.54 Å². The van der Waals surface area contributed by atoms with Crippen molar-refractivity contribution in [3.8, 4) is 0 Å². The van der Waals surface area contributed by atoms with Gasteiger partial charge in [0.05, 0.1) is 18.3 Å². The van der Waals surface area contributed by atoms with Crippen LogP contribution in [-0.4, -0.2) is 20.7 Å². The summed E-state index contributed by atoms with van der Waals surface area (Å²) in [4.78, 5) is 16.4. The maximum Gasteiger partial charge on any atom is 0.258 e. The highest BCUT2D eigenvalue weighted by atomic mass is 35.5. The van der Waals surface area contributed by atoms with Crippen molar-refractivity contribution in [2.75, 3.05) is 5.32 Å². The fraction of sp³-hybridized carbons (Fsp3) is 0.118. The first-order valence-electron chi connectivity index (χ1n) is 7.12. The van der Waals surface area contributed by atoms with Crippen LogP contribution >= 0.6 is 11.6 Å². The number of amides is 1. The van der Waals surface area contributed by atoms with Crippen molar-refractivity contribution in [3.05, 3.63) is 76.7 Å². The normalized spacial score (nSPS) is 10.5. The van der Waals surface area contributed by atoms with Gasteiger partial charge in [-0.25, -0.2) is 4.68 Å². The molecule has 116 valence electrons. The predicted molar refractivity (Wildman–Crippen MR) is 89.7 cm³/mol. The highest BCUT2D eigenvalue weighted by Gasteiger charge is 2.12. The van der Waals surface area contributed by atoms with Gasteiger partial charge in [-0.05, 0) is 36.2 Å². The van der Waals surface area contributed by atoms with Crippen molar-refractivity contribution < 1.29 is 4.79 Å². The number of rotatable bonds is 4. The average Bonchev–Trinajstić information content (AvgIpc) is 2.94. The third-order valence-corrected chi connectivity index (χ3v) is 3.70. The highest BCUT2D eigenvalue weighted by Crippen LogP contribution is 2.15. The van der Waals surface area contributed by atoms with E-state index >= 15 is 0 Å². The molecular formula is C17H15ClN4O. The van der Waals surface area contributed by atoms with Gasteiger partial charge in [0, 0.05) is 23.5 Å². The molecule has 0 aliphatic carbocycles. The Morgan fingerprint density at radius 2 is 2.13 bits per heavy atom. The molecule has 0 aliphatic rings. The Balaban J connectivity index is 1.79. The summed E-state index contributed by atoms with van der Waals surface area (Å²) >= 11 is 6.00. The Morgan fingerprint density at radius 1 is 1.26 bits per heavy atom. The fourth-order valence-electron chi connectivity index (χ4n) is 2.26. The molecule has 3 rings (SSSR count). The predicted octanol–water partition coefficient (Wildman–Crippen LogP) is 3.54. The van der Waals surface area contributed by atoms with Crippen molar-refractivity contribution in [1.82, 2.24) is 14.8 Å². The summed E-state index contributed by atoms with van der Waals surface area (Å²) in [6.07, 6.45) is 4.87. The van der Waals surface area contributed by atoms with Crippen LogP contribution in [0.4, 0.5) is 5.82 Å². The van der Waals surface area contributed by atoms with Crippen LogP contribution in [0.1, 0.15) is 21.5 Å². The molecule has 1 N–H and O–H groups in total. The number of hydrogen-bond donors (Lipinski definition) is 1. The second-order valence-electron chi connectivity index (χ2n) is 5.15. The molecule has 0 unspecified atom stereocenters. The summed E-state index contributed by atoms with van der Waals surface area (Å²) in [6, 6.07) is 11.1. The van der Waals surface area contributed by atoms with Gasteiger partial charge in [-0.2, -0.15) is 5.10 Å². The first kappa shape index (κ1) is 15.2. The van der Waals surface area contributed by atoms with E-state index in [1.54, 1.807) is 35.4 Å². The van der Waals surface area contributed by atoms with Crippen molar-refractivity contribution in [3.63, 3.8) is 0 Å². The summed E-state index contributed by atoms with van der Waals surface area (Å²) in [6.45, 7) is 2.40. The lowest BCUT2D eigenvalue weighted by molar-refractivity contribution is 0.102. The van der Waals surface area contributed by atoms with Gasteiger partial charge in [-0.1, -0.05) is 23.7 Å². The molecule has 0 spiro atoms. The second kappa shape index (κ2) is 6.62. The Hall–Kier alpha value is -2.66. The molecule has 0 radical (unpaired) electrons. The average molecular weight is 327 g/mol. The van der Waals surface area contributed by atoms with E-state index in [1.165, 1.54) is 0 Å². The number of aryl methyl sites for hydroxylation is 1. The van der Waals surface area contributed by atoms with Crippen LogP contribution in [0.5, 0.6) is 0 Å². The molecule has 0 aliphatic heterocycles. The topological polar surface area (TPSA) is 59.8 Å². The molecule has 23 heavy (non-hydrogen) atoms. The first-order chi connectivity index (χ1) is 11.1. The smallest absolute Gasteiger partial charge is 0.258 e. The van der Waals surface area contributed by atoms with Gasteiger partial charge in [0.1, 0.15) is 5.82 Å². The van der Waals surface area contributed by atoms with E-state index in [-0.39, 0.29) is 5.91 Å². The van der Waals surface area contributed by atoms with Crippen LogP contribution in [0.2, 0.25) is 5.02 Å². The van der Waals surface area contributed by atoms with E-state index in [1.807, 2.05) is 31.2 Å². The maximum absolute atomic E-state index is 12.4. The standard InChI is InChI=1S/C17H15ClN4O/c1-12-5-7-19-10-15(12)17(23)21-16-6-8-20-22(16)11-13-3-2-4-14(18)9-13/h2-10H,11H2,1H3,(H,21,23). The minimum absolute atomic E-state index is 0.205. The molecule has 0 bridgehead atoms. The number of halogens is 1. The Morgan fingerprint density at radius 3 is 2.91 bits per heavy atom. The zero-order valence-electron chi connectivity index (χ0n) is 12.5. The third kappa shape index (κ3) is 3.57. The van der Waals surface area contributed by atoms with Gasteiger partial charge in [0.2, 0.25) is 0 Å². The largest absolute Gasteiger partial charge is 0.307 e. The van der Waals surface area contributed by atoms with Crippen LogP contribution in [0.25, 0.3) is 0 Å². The quantitative estimate of drug-likeness (QED) is 0.797. The van der Waals surface area contributed by atoms with E-state index in [4.69, 9.17) is 11.6 Å². The van der Waals surface area contributed by atoms with Crippen molar-refractivity contribution >= 4 is 23.3 Å². The van der Waals surface area contributed by atoms with E-state index in [2.05, 4.69) is 15.4 Å². The maximum atomic E-state index is 12.4. The van der Waals surface area contributed by atoms with Gasteiger partial charge in [-0.15, -0.1) is 0 Å². The van der Waals surface area contributed by atoms with E-state index < -0.39 is 0 Å². The van der Waals surface area contributed by atoms with Gasteiger partial charge in [0.25, 0.3) is 5.91 Å². The lowest BCUT2D eigenvalue weighted by Gasteiger charge is -2.10. The van der Waals surface area contributed by atoms with E-state index in [0.29, 0.717) is 22.9 Å². The Bertz CT molecular complexity index is 844. The minimum atomic E-state index is -0.205. The van der Waals surface area contributed by atoms with Gasteiger partial charge in [-0.3, -0.25) is 9.78 Å². The molecule has 0 atom stereocenters. The second-order valence-corrected chi connectivity index (χ2v) is 5.59. The van der Waals surface area contributed by atoms with Gasteiger partial charge in [0.15, 0.2) is 0 Å². The number of aromatic nitrogens is 3. The summed E-state index contributed by atoms with van der Waals surface area (Å²) in [7, 11) is 0. The zero-order chi connectivity index (χ0) is 16.2. The number of benzene rings is 1. The minimum Gasteiger partial charge on any atom is -0.307 e. The summed E-state index contributed by atoms with van der Waals surface area (Å²) in [5, 5.41) is 7.80. The number of anilines is 1. The zero-order valence-corrected chi connectivity index (χ0v) is 13.3. The molecule has 1 aromatic carbocycles. The van der Waals surface area contributed by atoms with Crippen molar-refractivity contribution in [2.45, 2.75) is 13.5 Å². The molecule has 5 nitrogen and oxygen atoms in total. The Labute approximate surface area is 138 Å². The molecular weight excluding hydrogens is 312 g/mol. The van der Waals surface area contributed by atoms with E-state index in [9.17, 15) is 4.79 Å². The molecule has 2 aromatic heterocycles. The summed E-state index contributed by atoms with van der Waals surface area (Å²) < 4.78 is 1.72. The number of carbonyl (C=O) groups excluding carboxylic acids is 1. The first-order valence-corrected chi connectivity index (χ1v) is 7.49. The molecule has 0 saturated heterocycles. The molecule has 0 fully saturated rings. The molecule has 2 heterocycles. The number of nitrogens with one attached hydrogen (secondary N) is 1. The van der Waals surface area contributed by atoms with Crippen LogP contribution < -0.4 is 5.32 Å². The summed E-state index contributed by atoms with van der Waals surface area (Å²) in [5.41, 5.74) is 2.43. The van der Waals surface area contributed by atoms with Gasteiger partial charge >= 0.3 is 0 Å². The van der Waals surface area contributed by atoms with Crippen LogP contribution in [0.15, 0.2) is 55.0 Å². The number of carbonyl (C=O) groups is 1. The molecule has 6 heteroatoms. The summed E-state index contributed by atoms with van der Waals surface area (Å²) in [5.74, 6) is 0.418. The van der Waals surface area contributed by atoms with Crippen molar-refractivity contribution in [1.29, 1.82) is 0 Å². The number of pyridine rings is 1. The Kier molecular flexibility index (Phi) is 4.39. The fourth-order valence-corrected chi connectivity index (χ4v) is 2.47. The third-order valence-electron chi connectivity index (χ3n) is 3.46. The van der Waals surface area contributed by atoms with Gasteiger partial charge < -0.3 is 5.32 Å². The van der Waals surface area contributed by atoms with Crippen LogP contribution in [0, 0.1) is 6.92 Å². The van der Waals surface area contributed by atoms with E-state index in [0.717, 1.165) is 11.1 Å². The monoisotopic (exact) mass is 326 g/mol. The SMILES string of the molecule is Cc1ccncc1C(=O)Nc1ccnn1Cc1cccc(Cl)c1. The molecule has 1 amide bonds.